The molecular formula is C23H19N3O2. The average Bonchev–Trinajstić information content (AvgIpc) is 2.74. The van der Waals surface area contributed by atoms with E-state index in [4.69, 9.17) is 9.72 Å². The smallest absolute Gasteiger partial charge is 0.167 e. The summed E-state index contributed by atoms with van der Waals surface area (Å²) in [6.07, 6.45) is 0. The van der Waals surface area contributed by atoms with Crippen LogP contribution in [-0.2, 0) is 0 Å². The summed E-state index contributed by atoms with van der Waals surface area (Å²) in [5.74, 6) is 2.42. The zero-order valence-electron chi connectivity index (χ0n) is 15.6. The van der Waals surface area contributed by atoms with Gasteiger partial charge in [-0.15, -0.1) is 0 Å². The number of nitrogens with zero attached hydrogens (tertiary/aromatic N) is 3. The van der Waals surface area contributed by atoms with Gasteiger partial charge in [-0.3, -0.25) is 0 Å². The fourth-order valence-corrected chi connectivity index (χ4v) is 2.97. The van der Waals surface area contributed by atoms with Gasteiger partial charge in [0.2, 0.25) is 0 Å². The van der Waals surface area contributed by atoms with Crippen LogP contribution in [0.3, 0.4) is 0 Å². The molecule has 0 amide bonds. The normalized spacial score (nSPS) is 10.6. The SMILES string of the molecule is COc1ccc(-c2nc(-c3ccccc3C)nc(-c3ccccc3O)n2)cc1. The molecule has 0 atom stereocenters. The molecule has 0 saturated carbocycles. The van der Waals surface area contributed by atoms with Crippen LogP contribution >= 0.6 is 0 Å². The zero-order valence-corrected chi connectivity index (χ0v) is 15.6. The lowest BCUT2D eigenvalue weighted by Crippen LogP contribution is -2.01. The highest BCUT2D eigenvalue weighted by atomic mass is 16.5. The fourth-order valence-electron chi connectivity index (χ4n) is 2.97. The highest BCUT2D eigenvalue weighted by Crippen LogP contribution is 2.30. The molecule has 0 spiro atoms. The van der Waals surface area contributed by atoms with Gasteiger partial charge in [-0.25, -0.2) is 15.0 Å². The number of methoxy groups -OCH3 is 1. The number of hydrogen-bond donors (Lipinski definition) is 1. The molecule has 0 fully saturated rings. The summed E-state index contributed by atoms with van der Waals surface area (Å²) in [5, 5.41) is 10.3. The highest BCUT2D eigenvalue weighted by Gasteiger charge is 2.15. The van der Waals surface area contributed by atoms with Crippen LogP contribution in [0.25, 0.3) is 34.2 Å². The van der Waals surface area contributed by atoms with Crippen LogP contribution in [0.15, 0.2) is 72.8 Å². The summed E-state index contributed by atoms with van der Waals surface area (Å²) in [6.45, 7) is 2.02. The Labute approximate surface area is 163 Å². The maximum atomic E-state index is 10.3. The third kappa shape index (κ3) is 3.42. The third-order valence-electron chi connectivity index (χ3n) is 4.51. The quantitative estimate of drug-likeness (QED) is 0.554. The van der Waals surface area contributed by atoms with Crippen molar-refractivity contribution < 1.29 is 9.84 Å². The van der Waals surface area contributed by atoms with E-state index in [-0.39, 0.29) is 5.75 Å². The third-order valence-corrected chi connectivity index (χ3v) is 4.51. The molecular weight excluding hydrogens is 350 g/mol. The predicted molar refractivity (Wildman–Crippen MR) is 109 cm³/mol. The molecule has 0 radical (unpaired) electrons. The van der Waals surface area contributed by atoms with Gasteiger partial charge in [0.05, 0.1) is 12.7 Å². The molecule has 28 heavy (non-hydrogen) atoms. The first kappa shape index (κ1) is 17.7. The van der Waals surface area contributed by atoms with Crippen LogP contribution in [0.4, 0.5) is 0 Å². The highest BCUT2D eigenvalue weighted by molar-refractivity contribution is 5.70. The first-order valence-electron chi connectivity index (χ1n) is 8.90. The van der Waals surface area contributed by atoms with Crippen LogP contribution in [-0.4, -0.2) is 27.2 Å². The van der Waals surface area contributed by atoms with Crippen molar-refractivity contribution in [2.45, 2.75) is 6.92 Å². The molecule has 0 saturated heterocycles. The first-order valence-corrected chi connectivity index (χ1v) is 8.90. The molecule has 3 aromatic carbocycles. The van der Waals surface area contributed by atoms with Gasteiger partial charge in [0.15, 0.2) is 17.5 Å². The van der Waals surface area contributed by atoms with Crippen LogP contribution in [0, 0.1) is 6.92 Å². The lowest BCUT2D eigenvalue weighted by atomic mass is 10.1. The van der Waals surface area contributed by atoms with E-state index in [0.717, 1.165) is 22.4 Å². The standard InChI is InChI=1S/C23H19N3O2/c1-15-7-3-4-8-18(15)22-24-21(16-11-13-17(28-2)14-12-16)25-23(26-22)19-9-5-6-10-20(19)27/h3-14,27H,1-2H3. The Kier molecular flexibility index (Phi) is 4.72. The minimum Gasteiger partial charge on any atom is -0.507 e. The van der Waals surface area contributed by atoms with Gasteiger partial charge in [-0.1, -0.05) is 36.4 Å². The van der Waals surface area contributed by atoms with E-state index < -0.39 is 0 Å². The summed E-state index contributed by atoms with van der Waals surface area (Å²) in [6, 6.07) is 22.5. The number of ether oxygens (including phenoxy) is 1. The van der Waals surface area contributed by atoms with E-state index in [0.29, 0.717) is 23.0 Å². The van der Waals surface area contributed by atoms with Crippen LogP contribution in [0.1, 0.15) is 5.56 Å². The molecule has 0 aliphatic heterocycles. The molecule has 1 N–H and O–H groups in total. The van der Waals surface area contributed by atoms with E-state index in [9.17, 15) is 5.11 Å². The fraction of sp³-hybridized carbons (Fsp3) is 0.0870. The monoisotopic (exact) mass is 369 g/mol. The van der Waals surface area contributed by atoms with Crippen LogP contribution in [0.2, 0.25) is 0 Å². The molecule has 138 valence electrons. The lowest BCUT2D eigenvalue weighted by molar-refractivity contribution is 0.415. The van der Waals surface area contributed by atoms with Crippen molar-refractivity contribution in [3.05, 3.63) is 78.4 Å². The zero-order chi connectivity index (χ0) is 19.5. The Bertz CT molecular complexity index is 1060. The molecule has 5 nitrogen and oxygen atoms in total. The summed E-state index contributed by atoms with van der Waals surface area (Å²) in [4.78, 5) is 14.0. The number of para-hydroxylation sites is 1. The van der Waals surface area contributed by atoms with Gasteiger partial charge in [0, 0.05) is 11.1 Å². The Balaban J connectivity index is 1.93. The Morgan fingerprint density at radius 2 is 1.25 bits per heavy atom. The van der Waals surface area contributed by atoms with E-state index >= 15 is 0 Å². The second-order valence-corrected chi connectivity index (χ2v) is 6.37. The van der Waals surface area contributed by atoms with Crippen molar-refractivity contribution >= 4 is 0 Å². The summed E-state index contributed by atoms with van der Waals surface area (Å²) in [5.41, 5.74) is 3.40. The second-order valence-electron chi connectivity index (χ2n) is 6.37. The van der Waals surface area contributed by atoms with E-state index in [2.05, 4.69) is 9.97 Å². The number of phenols is 1. The molecule has 0 aliphatic rings. The molecule has 0 unspecified atom stereocenters. The summed E-state index contributed by atoms with van der Waals surface area (Å²) in [7, 11) is 1.63. The second kappa shape index (κ2) is 7.48. The summed E-state index contributed by atoms with van der Waals surface area (Å²) < 4.78 is 5.24. The number of rotatable bonds is 4. The maximum absolute atomic E-state index is 10.3. The van der Waals surface area contributed by atoms with E-state index in [1.165, 1.54) is 0 Å². The van der Waals surface area contributed by atoms with E-state index in [1.54, 1.807) is 25.3 Å². The Hall–Kier alpha value is -3.73. The number of aromatic nitrogens is 3. The molecule has 0 aliphatic carbocycles. The minimum atomic E-state index is 0.130. The number of aromatic hydroxyl groups is 1. The molecule has 4 aromatic rings. The number of hydrogen-bond acceptors (Lipinski definition) is 5. The van der Waals surface area contributed by atoms with Crippen LogP contribution in [0.5, 0.6) is 11.5 Å². The summed E-state index contributed by atoms with van der Waals surface area (Å²) >= 11 is 0. The van der Waals surface area contributed by atoms with Gasteiger partial charge in [-0.2, -0.15) is 0 Å². The number of aryl methyl sites for hydroxylation is 1. The molecule has 1 aromatic heterocycles. The van der Waals surface area contributed by atoms with Crippen molar-refractivity contribution in [2.24, 2.45) is 0 Å². The largest absolute Gasteiger partial charge is 0.507 e. The molecule has 0 bridgehead atoms. The van der Waals surface area contributed by atoms with E-state index in [1.807, 2.05) is 61.5 Å². The van der Waals surface area contributed by atoms with Crippen LogP contribution < -0.4 is 4.74 Å². The number of phenolic OH excluding ortho intramolecular Hbond substituents is 1. The maximum Gasteiger partial charge on any atom is 0.167 e. The molecule has 4 rings (SSSR count). The van der Waals surface area contributed by atoms with Gasteiger partial charge in [0.1, 0.15) is 11.5 Å². The predicted octanol–water partition coefficient (Wildman–Crippen LogP) is 4.90. The topological polar surface area (TPSA) is 68.1 Å². The van der Waals surface area contributed by atoms with Gasteiger partial charge < -0.3 is 9.84 Å². The van der Waals surface area contributed by atoms with Crippen molar-refractivity contribution in [1.29, 1.82) is 0 Å². The first-order chi connectivity index (χ1) is 13.7. The van der Waals surface area contributed by atoms with Crippen molar-refractivity contribution in [3.63, 3.8) is 0 Å². The number of benzene rings is 3. The Morgan fingerprint density at radius 1 is 0.679 bits per heavy atom. The van der Waals surface area contributed by atoms with Crippen molar-refractivity contribution in [1.82, 2.24) is 15.0 Å². The lowest BCUT2D eigenvalue weighted by Gasteiger charge is -2.10. The minimum absolute atomic E-state index is 0.130. The van der Waals surface area contributed by atoms with Gasteiger partial charge in [-0.05, 0) is 48.9 Å². The van der Waals surface area contributed by atoms with Gasteiger partial charge in [0.25, 0.3) is 0 Å². The van der Waals surface area contributed by atoms with Crippen molar-refractivity contribution in [2.75, 3.05) is 7.11 Å². The average molecular weight is 369 g/mol. The molecule has 1 heterocycles. The Morgan fingerprint density at radius 3 is 1.89 bits per heavy atom. The molecule has 5 heteroatoms. The van der Waals surface area contributed by atoms with Gasteiger partial charge >= 0.3 is 0 Å². The van der Waals surface area contributed by atoms with Crippen molar-refractivity contribution in [3.8, 4) is 45.7 Å².